The predicted molar refractivity (Wildman–Crippen MR) is 128 cm³/mol. The van der Waals surface area contributed by atoms with Gasteiger partial charge in [-0.3, -0.25) is 0 Å². The highest BCUT2D eigenvalue weighted by atomic mass is 32.2. The highest BCUT2D eigenvalue weighted by molar-refractivity contribution is 7.98. The van der Waals surface area contributed by atoms with Crippen molar-refractivity contribution in [2.75, 3.05) is 18.6 Å². The number of thioether (sulfide) groups is 1. The fraction of sp³-hybridized carbons (Fsp3) is 0.333. The molecular weight excluding hydrogens is 388 g/mol. The molecule has 1 atom stereocenters. The topological polar surface area (TPSA) is 29.5 Å². The van der Waals surface area contributed by atoms with Crippen LogP contribution in [0.25, 0.3) is 11.1 Å². The van der Waals surface area contributed by atoms with Gasteiger partial charge in [0.2, 0.25) is 0 Å². The lowest BCUT2D eigenvalue weighted by atomic mass is 9.74. The number of hydrogen-bond donors (Lipinski definition) is 1. The number of aliphatic hydroxyl groups excluding tert-OH is 1. The van der Waals surface area contributed by atoms with E-state index in [1.54, 1.807) is 0 Å². The molecule has 156 valence electrons. The molecule has 0 aliphatic heterocycles. The van der Waals surface area contributed by atoms with E-state index < -0.39 is 0 Å². The third-order valence-corrected chi connectivity index (χ3v) is 6.65. The Balaban J connectivity index is 1.70. The van der Waals surface area contributed by atoms with Crippen LogP contribution in [0.4, 0.5) is 0 Å². The first-order chi connectivity index (χ1) is 14.7. The van der Waals surface area contributed by atoms with Gasteiger partial charge in [0.1, 0.15) is 5.75 Å². The maximum Gasteiger partial charge on any atom is 0.119 e. The van der Waals surface area contributed by atoms with E-state index in [1.807, 2.05) is 11.8 Å². The molecule has 0 saturated carbocycles. The molecule has 1 aliphatic carbocycles. The zero-order valence-electron chi connectivity index (χ0n) is 17.9. The van der Waals surface area contributed by atoms with Crippen molar-refractivity contribution in [2.24, 2.45) is 0 Å². The Labute approximate surface area is 184 Å². The average molecular weight is 419 g/mol. The van der Waals surface area contributed by atoms with Gasteiger partial charge < -0.3 is 9.84 Å². The number of hydrogen-bond acceptors (Lipinski definition) is 3. The number of aryl methyl sites for hydroxylation is 1. The average Bonchev–Trinajstić information content (AvgIpc) is 2.77. The zero-order chi connectivity index (χ0) is 20.9. The first-order valence-corrected chi connectivity index (χ1v) is 12.1. The molecule has 1 unspecified atom stereocenters. The summed E-state index contributed by atoms with van der Waals surface area (Å²) in [6.07, 6.45) is 5.23. The van der Waals surface area contributed by atoms with E-state index >= 15 is 0 Å². The molecular formula is C27H30O2S. The third-order valence-electron chi connectivity index (χ3n) is 5.95. The van der Waals surface area contributed by atoms with Crippen molar-refractivity contribution in [1.29, 1.82) is 0 Å². The number of ether oxygens (including phenoxy) is 1. The number of aliphatic hydroxyl groups is 1. The molecule has 3 heteroatoms. The van der Waals surface area contributed by atoms with Gasteiger partial charge in [0.25, 0.3) is 0 Å². The molecule has 0 aromatic heterocycles. The monoisotopic (exact) mass is 418 g/mol. The molecule has 0 bridgehead atoms. The first kappa shape index (κ1) is 21.0. The van der Waals surface area contributed by atoms with Crippen LogP contribution in [0, 0.1) is 6.92 Å². The molecule has 30 heavy (non-hydrogen) atoms. The fourth-order valence-electron chi connectivity index (χ4n) is 4.58. The quantitative estimate of drug-likeness (QED) is 0.444. The second-order valence-corrected chi connectivity index (χ2v) is 9.13. The van der Waals surface area contributed by atoms with Gasteiger partial charge in [-0.2, -0.15) is 11.8 Å². The van der Waals surface area contributed by atoms with Crippen LogP contribution in [0.1, 0.15) is 40.2 Å². The van der Waals surface area contributed by atoms with Crippen molar-refractivity contribution >= 4 is 11.8 Å². The first-order valence-electron chi connectivity index (χ1n) is 10.7. The van der Waals surface area contributed by atoms with Crippen molar-refractivity contribution < 1.29 is 9.84 Å². The summed E-state index contributed by atoms with van der Waals surface area (Å²) in [4.78, 5) is 0. The zero-order valence-corrected chi connectivity index (χ0v) is 18.7. The van der Waals surface area contributed by atoms with E-state index in [9.17, 15) is 5.11 Å². The molecule has 0 saturated heterocycles. The van der Waals surface area contributed by atoms with Crippen LogP contribution in [0.3, 0.4) is 0 Å². The second kappa shape index (κ2) is 9.72. The lowest BCUT2D eigenvalue weighted by Gasteiger charge is -2.30. The summed E-state index contributed by atoms with van der Waals surface area (Å²) in [5.41, 5.74) is 8.93. The summed E-state index contributed by atoms with van der Waals surface area (Å²) in [6.45, 7) is 3.01. The van der Waals surface area contributed by atoms with Gasteiger partial charge >= 0.3 is 0 Å². The molecule has 0 radical (unpaired) electrons. The van der Waals surface area contributed by atoms with Crippen LogP contribution >= 0.6 is 11.8 Å². The van der Waals surface area contributed by atoms with E-state index in [4.69, 9.17) is 4.74 Å². The third kappa shape index (κ3) is 4.58. The van der Waals surface area contributed by atoms with Crippen molar-refractivity contribution in [2.45, 2.75) is 38.7 Å². The Kier molecular flexibility index (Phi) is 6.81. The SMILES string of the molecule is CSCCCOc1cc(C)c2c(c1)CC(Cc1ccccc1)c1ccc(CO)cc1-2. The summed E-state index contributed by atoms with van der Waals surface area (Å²) in [7, 11) is 0. The lowest BCUT2D eigenvalue weighted by Crippen LogP contribution is -2.15. The normalized spacial score (nSPS) is 14.8. The maximum absolute atomic E-state index is 9.72. The van der Waals surface area contributed by atoms with E-state index in [2.05, 4.69) is 73.8 Å². The summed E-state index contributed by atoms with van der Waals surface area (Å²) in [5, 5.41) is 9.72. The second-order valence-electron chi connectivity index (χ2n) is 8.14. The van der Waals surface area contributed by atoms with Crippen molar-refractivity contribution in [3.8, 4) is 16.9 Å². The highest BCUT2D eigenvalue weighted by Crippen LogP contribution is 2.44. The van der Waals surface area contributed by atoms with Crippen molar-refractivity contribution in [3.05, 3.63) is 88.5 Å². The predicted octanol–water partition coefficient (Wildman–Crippen LogP) is 6.17. The Morgan fingerprint density at radius 3 is 2.63 bits per heavy atom. The van der Waals surface area contributed by atoms with Crippen molar-refractivity contribution in [3.63, 3.8) is 0 Å². The Bertz CT molecular complexity index is 997. The number of fused-ring (bicyclic) bond motifs is 3. The van der Waals surface area contributed by atoms with Crippen molar-refractivity contribution in [1.82, 2.24) is 0 Å². The molecule has 4 rings (SSSR count). The summed E-state index contributed by atoms with van der Waals surface area (Å²) in [6, 6.07) is 21.6. The Morgan fingerprint density at radius 1 is 1.03 bits per heavy atom. The number of benzene rings is 3. The van der Waals surface area contributed by atoms with Crippen LogP contribution < -0.4 is 4.74 Å². The van der Waals surface area contributed by atoms with E-state index in [1.165, 1.54) is 33.4 Å². The Hall–Kier alpha value is -2.23. The van der Waals surface area contributed by atoms with Crippen LogP contribution in [0.15, 0.2) is 60.7 Å². The summed E-state index contributed by atoms with van der Waals surface area (Å²) >= 11 is 1.86. The van der Waals surface area contributed by atoms with Gasteiger partial charge in [0.15, 0.2) is 0 Å². The molecule has 0 heterocycles. The Morgan fingerprint density at radius 2 is 1.87 bits per heavy atom. The largest absolute Gasteiger partial charge is 0.494 e. The minimum absolute atomic E-state index is 0.0711. The molecule has 0 amide bonds. The minimum atomic E-state index is 0.0711. The van der Waals surface area contributed by atoms with Gasteiger partial charge in [-0.25, -0.2) is 0 Å². The standard InChI is InChI=1S/C27H30O2S/c1-19-13-24(29-11-6-12-30-2)17-23-16-22(14-20-7-4-3-5-8-20)25-10-9-21(18-28)15-26(25)27(19)23/h3-5,7-10,13,15,17,22,28H,6,11-12,14,16,18H2,1-2H3. The van der Waals surface area contributed by atoms with E-state index in [-0.39, 0.29) is 6.61 Å². The van der Waals surface area contributed by atoms with Crippen LogP contribution in [0.5, 0.6) is 5.75 Å². The van der Waals surface area contributed by atoms with Gasteiger partial charge in [0, 0.05) is 0 Å². The lowest BCUT2D eigenvalue weighted by molar-refractivity contribution is 0.282. The summed E-state index contributed by atoms with van der Waals surface area (Å²) < 4.78 is 6.09. The van der Waals surface area contributed by atoms with E-state index in [0.717, 1.165) is 42.9 Å². The van der Waals surface area contributed by atoms with Crippen LogP contribution in [-0.4, -0.2) is 23.7 Å². The highest BCUT2D eigenvalue weighted by Gasteiger charge is 2.27. The van der Waals surface area contributed by atoms with Crippen LogP contribution in [0.2, 0.25) is 0 Å². The molecule has 3 aromatic carbocycles. The van der Waals surface area contributed by atoms with Gasteiger partial charge in [-0.05, 0) is 101 Å². The van der Waals surface area contributed by atoms with Gasteiger partial charge in [-0.15, -0.1) is 0 Å². The van der Waals surface area contributed by atoms with Gasteiger partial charge in [0.05, 0.1) is 13.2 Å². The van der Waals surface area contributed by atoms with Crippen LogP contribution in [-0.2, 0) is 19.4 Å². The van der Waals surface area contributed by atoms with E-state index in [0.29, 0.717) is 5.92 Å². The minimum Gasteiger partial charge on any atom is -0.494 e. The van der Waals surface area contributed by atoms with Gasteiger partial charge in [-0.1, -0.05) is 42.5 Å². The molecule has 0 spiro atoms. The number of rotatable bonds is 8. The molecule has 3 aromatic rings. The maximum atomic E-state index is 9.72. The molecule has 1 N–H and O–H groups in total. The fourth-order valence-corrected chi connectivity index (χ4v) is 4.98. The summed E-state index contributed by atoms with van der Waals surface area (Å²) in [5.74, 6) is 2.53. The molecule has 2 nitrogen and oxygen atoms in total. The smallest absolute Gasteiger partial charge is 0.119 e. The molecule has 0 fully saturated rings. The molecule has 1 aliphatic rings.